The number of rotatable bonds is 5. The summed E-state index contributed by atoms with van der Waals surface area (Å²) in [4.78, 5) is 2.38. The zero-order valence-corrected chi connectivity index (χ0v) is 25.2. The largest absolute Gasteiger partial charge is 0.453 e. The normalized spacial score (nSPS) is 11.6. The third kappa shape index (κ3) is 4.24. The van der Waals surface area contributed by atoms with Gasteiger partial charge in [0.1, 0.15) is 5.58 Å². The third-order valence-corrected chi connectivity index (χ3v) is 9.82. The molecule has 3 heteroatoms. The standard InChI is InChI=1S/C42H27NOS/c1-3-12-28(13-4-1)29-24-26-31(27-25-29)43(36-20-11-23-39-40(36)35-16-7-8-22-38(35)45-39)37-21-10-19-34-33-18-9-17-32(41(33)44-42(34)37)30-14-5-2-6-15-30/h1-27H. The van der Waals surface area contributed by atoms with Gasteiger partial charge in [-0.1, -0.05) is 127 Å². The molecule has 0 bridgehead atoms. The highest BCUT2D eigenvalue weighted by molar-refractivity contribution is 7.26. The van der Waals surface area contributed by atoms with Crippen LogP contribution in [0, 0.1) is 0 Å². The Kier molecular flexibility index (Phi) is 6.03. The Morgan fingerprint density at radius 1 is 0.400 bits per heavy atom. The van der Waals surface area contributed by atoms with E-state index in [4.69, 9.17) is 4.42 Å². The van der Waals surface area contributed by atoms with Crippen LogP contribution in [-0.2, 0) is 0 Å². The van der Waals surface area contributed by atoms with E-state index in [-0.39, 0.29) is 0 Å². The molecule has 212 valence electrons. The molecule has 0 saturated carbocycles. The molecular weight excluding hydrogens is 567 g/mol. The number of fused-ring (bicyclic) bond motifs is 6. The number of para-hydroxylation sites is 2. The van der Waals surface area contributed by atoms with Gasteiger partial charge in [-0.15, -0.1) is 11.3 Å². The predicted molar refractivity (Wildman–Crippen MR) is 192 cm³/mol. The second kappa shape index (κ2) is 10.5. The van der Waals surface area contributed by atoms with Crippen LogP contribution in [0.2, 0.25) is 0 Å². The molecule has 0 atom stereocenters. The van der Waals surface area contributed by atoms with Crippen LogP contribution in [-0.4, -0.2) is 0 Å². The summed E-state index contributed by atoms with van der Waals surface area (Å²) in [5.74, 6) is 0. The molecule has 0 aliphatic rings. The van der Waals surface area contributed by atoms with E-state index >= 15 is 0 Å². The first kappa shape index (κ1) is 25.8. The monoisotopic (exact) mass is 593 g/mol. The van der Waals surface area contributed by atoms with Crippen molar-refractivity contribution in [1.29, 1.82) is 0 Å². The minimum atomic E-state index is 0.875. The topological polar surface area (TPSA) is 16.4 Å². The number of anilines is 3. The summed E-state index contributed by atoms with van der Waals surface area (Å²) in [6.45, 7) is 0. The Morgan fingerprint density at radius 3 is 1.78 bits per heavy atom. The average molecular weight is 594 g/mol. The third-order valence-electron chi connectivity index (χ3n) is 8.68. The number of thiophene rings is 1. The lowest BCUT2D eigenvalue weighted by molar-refractivity contribution is 0.670. The second-order valence-corrected chi connectivity index (χ2v) is 12.4. The van der Waals surface area contributed by atoms with Crippen LogP contribution in [0.25, 0.3) is 64.4 Å². The number of hydrogen-bond donors (Lipinski definition) is 0. The van der Waals surface area contributed by atoms with Gasteiger partial charge in [-0.05, 0) is 53.1 Å². The van der Waals surface area contributed by atoms with Crippen molar-refractivity contribution in [2.75, 3.05) is 4.90 Å². The van der Waals surface area contributed by atoms with E-state index in [2.05, 4.69) is 169 Å². The summed E-state index contributed by atoms with van der Waals surface area (Å²) in [7, 11) is 0. The van der Waals surface area contributed by atoms with Gasteiger partial charge in [0.25, 0.3) is 0 Å². The van der Waals surface area contributed by atoms with Crippen molar-refractivity contribution < 1.29 is 4.42 Å². The van der Waals surface area contributed by atoms with Crippen molar-refractivity contribution in [2.24, 2.45) is 0 Å². The van der Waals surface area contributed by atoms with Gasteiger partial charge >= 0.3 is 0 Å². The Labute approximate surface area is 265 Å². The van der Waals surface area contributed by atoms with Crippen LogP contribution in [0.1, 0.15) is 0 Å². The van der Waals surface area contributed by atoms with E-state index in [1.165, 1.54) is 31.3 Å². The van der Waals surface area contributed by atoms with Crippen LogP contribution >= 0.6 is 11.3 Å². The lowest BCUT2D eigenvalue weighted by atomic mass is 10.0. The molecule has 0 aliphatic heterocycles. The molecule has 45 heavy (non-hydrogen) atoms. The quantitative estimate of drug-likeness (QED) is 0.197. The van der Waals surface area contributed by atoms with E-state index in [1.807, 2.05) is 11.3 Å². The maximum absolute atomic E-state index is 6.93. The van der Waals surface area contributed by atoms with Crippen LogP contribution in [0.4, 0.5) is 17.1 Å². The minimum absolute atomic E-state index is 0.875. The van der Waals surface area contributed by atoms with E-state index in [1.54, 1.807) is 0 Å². The summed E-state index contributed by atoms with van der Waals surface area (Å²) < 4.78 is 9.48. The molecule has 0 amide bonds. The highest BCUT2D eigenvalue weighted by Gasteiger charge is 2.23. The summed E-state index contributed by atoms with van der Waals surface area (Å²) in [6.07, 6.45) is 0. The van der Waals surface area contributed by atoms with Crippen molar-refractivity contribution in [3.8, 4) is 22.3 Å². The molecule has 0 saturated heterocycles. The molecule has 2 nitrogen and oxygen atoms in total. The molecule has 0 aliphatic carbocycles. The molecule has 9 aromatic rings. The first-order chi connectivity index (χ1) is 22.3. The molecule has 2 heterocycles. The first-order valence-electron chi connectivity index (χ1n) is 15.2. The molecule has 0 N–H and O–H groups in total. The van der Waals surface area contributed by atoms with Gasteiger partial charge in [-0.2, -0.15) is 0 Å². The number of benzene rings is 7. The second-order valence-electron chi connectivity index (χ2n) is 11.3. The molecule has 0 radical (unpaired) electrons. The highest BCUT2D eigenvalue weighted by Crippen LogP contribution is 2.48. The summed E-state index contributed by atoms with van der Waals surface area (Å²) in [5, 5.41) is 4.74. The average Bonchev–Trinajstić information content (AvgIpc) is 3.69. The fourth-order valence-electron chi connectivity index (χ4n) is 6.61. The van der Waals surface area contributed by atoms with E-state index in [9.17, 15) is 0 Å². The lowest BCUT2D eigenvalue weighted by Crippen LogP contribution is -2.10. The molecule has 7 aromatic carbocycles. The van der Waals surface area contributed by atoms with Gasteiger partial charge in [0.05, 0.1) is 11.4 Å². The SMILES string of the molecule is c1ccc(-c2ccc(N(c3cccc4c3oc3c(-c5ccccc5)cccc34)c3cccc4sc5ccccc5c34)cc2)cc1. The van der Waals surface area contributed by atoms with E-state index in [0.717, 1.165) is 50.1 Å². The zero-order valence-electron chi connectivity index (χ0n) is 24.4. The summed E-state index contributed by atoms with van der Waals surface area (Å²) in [5.41, 5.74) is 9.64. The first-order valence-corrected chi connectivity index (χ1v) is 16.0. The summed E-state index contributed by atoms with van der Waals surface area (Å²) >= 11 is 1.84. The van der Waals surface area contributed by atoms with Gasteiger partial charge in [0, 0.05) is 42.2 Å². The van der Waals surface area contributed by atoms with E-state index in [0.29, 0.717) is 0 Å². The van der Waals surface area contributed by atoms with Gasteiger partial charge in [-0.3, -0.25) is 0 Å². The summed E-state index contributed by atoms with van der Waals surface area (Å²) in [6, 6.07) is 58.3. The van der Waals surface area contributed by atoms with Crippen LogP contribution in [0.3, 0.4) is 0 Å². The zero-order chi connectivity index (χ0) is 29.7. The van der Waals surface area contributed by atoms with Crippen LogP contribution in [0.5, 0.6) is 0 Å². The van der Waals surface area contributed by atoms with E-state index < -0.39 is 0 Å². The fourth-order valence-corrected chi connectivity index (χ4v) is 7.74. The molecule has 0 unspecified atom stereocenters. The van der Waals surface area contributed by atoms with Gasteiger partial charge in [-0.25, -0.2) is 0 Å². The van der Waals surface area contributed by atoms with Gasteiger partial charge < -0.3 is 9.32 Å². The van der Waals surface area contributed by atoms with Crippen molar-refractivity contribution in [1.82, 2.24) is 0 Å². The molecule has 0 spiro atoms. The van der Waals surface area contributed by atoms with Crippen molar-refractivity contribution in [3.63, 3.8) is 0 Å². The molecular formula is C42H27NOS. The predicted octanol–water partition coefficient (Wildman–Crippen LogP) is 12.8. The Bertz CT molecular complexity index is 2470. The Morgan fingerprint density at radius 2 is 0.978 bits per heavy atom. The van der Waals surface area contributed by atoms with Crippen molar-refractivity contribution in [3.05, 3.63) is 164 Å². The molecule has 9 rings (SSSR count). The Hall–Kier alpha value is -5.64. The lowest BCUT2D eigenvalue weighted by Gasteiger charge is -2.26. The van der Waals surface area contributed by atoms with Crippen LogP contribution in [0.15, 0.2) is 168 Å². The number of nitrogens with zero attached hydrogens (tertiary/aromatic N) is 1. The van der Waals surface area contributed by atoms with Crippen molar-refractivity contribution in [2.45, 2.75) is 0 Å². The smallest absolute Gasteiger partial charge is 0.159 e. The Balaban J connectivity index is 1.32. The minimum Gasteiger partial charge on any atom is -0.453 e. The molecule has 0 fully saturated rings. The van der Waals surface area contributed by atoms with Gasteiger partial charge in [0.15, 0.2) is 5.58 Å². The maximum atomic E-state index is 6.93. The molecule has 2 aromatic heterocycles. The number of furan rings is 1. The van der Waals surface area contributed by atoms with Gasteiger partial charge in [0.2, 0.25) is 0 Å². The fraction of sp³-hybridized carbons (Fsp3) is 0. The van der Waals surface area contributed by atoms with Crippen LogP contribution < -0.4 is 4.90 Å². The highest BCUT2D eigenvalue weighted by atomic mass is 32.1. The maximum Gasteiger partial charge on any atom is 0.159 e. The number of hydrogen-bond acceptors (Lipinski definition) is 3. The van der Waals surface area contributed by atoms with Crippen molar-refractivity contribution >= 4 is 70.5 Å².